The molecule has 3 rings (SSSR count). The number of amides is 1. The Bertz CT molecular complexity index is 813. The van der Waals surface area contributed by atoms with E-state index >= 15 is 0 Å². The molecular weight excluding hydrogens is 341 g/mol. The summed E-state index contributed by atoms with van der Waals surface area (Å²) in [6.07, 6.45) is 2.87. The fraction of sp³-hybridized carbons (Fsp3) is 0.318. The second-order valence-electron chi connectivity index (χ2n) is 6.97. The van der Waals surface area contributed by atoms with Gasteiger partial charge < -0.3 is 15.1 Å². The Labute approximate surface area is 160 Å². The van der Waals surface area contributed by atoms with Crippen molar-refractivity contribution < 1.29 is 9.18 Å². The summed E-state index contributed by atoms with van der Waals surface area (Å²) in [5.74, 6) is -0.578. The van der Waals surface area contributed by atoms with Crippen molar-refractivity contribution in [3.8, 4) is 0 Å². The molecule has 0 bridgehead atoms. The monoisotopic (exact) mass is 367 g/mol. The highest BCUT2D eigenvalue weighted by molar-refractivity contribution is 5.92. The SMILES string of the molecule is CC(NC(=O)/C=C/c1ccccc1F)c1cccc(N2CCN(C)CC2)c1. The lowest BCUT2D eigenvalue weighted by Gasteiger charge is -2.34. The van der Waals surface area contributed by atoms with Crippen molar-refractivity contribution in [1.82, 2.24) is 10.2 Å². The maximum Gasteiger partial charge on any atom is 0.244 e. The first kappa shape index (κ1) is 19.1. The molecule has 1 heterocycles. The Balaban J connectivity index is 1.62. The number of hydrogen-bond acceptors (Lipinski definition) is 3. The molecule has 1 atom stereocenters. The van der Waals surface area contributed by atoms with Crippen LogP contribution >= 0.6 is 0 Å². The second kappa shape index (κ2) is 8.82. The molecule has 2 aromatic rings. The van der Waals surface area contributed by atoms with E-state index in [9.17, 15) is 9.18 Å². The molecule has 0 saturated carbocycles. The van der Waals surface area contributed by atoms with Crippen LogP contribution in [0.3, 0.4) is 0 Å². The lowest BCUT2D eigenvalue weighted by atomic mass is 10.1. The molecule has 1 aliphatic heterocycles. The number of hydrogen-bond donors (Lipinski definition) is 1. The normalized spacial score (nSPS) is 16.5. The first-order chi connectivity index (χ1) is 13.0. The van der Waals surface area contributed by atoms with Gasteiger partial charge in [-0.05, 0) is 43.8 Å². The molecule has 1 N–H and O–H groups in total. The molecule has 5 heteroatoms. The topological polar surface area (TPSA) is 35.6 Å². The number of likely N-dealkylation sites (N-methyl/N-ethyl adjacent to an activating group) is 1. The highest BCUT2D eigenvalue weighted by Crippen LogP contribution is 2.22. The van der Waals surface area contributed by atoms with Crippen LogP contribution in [0.5, 0.6) is 0 Å². The van der Waals surface area contributed by atoms with Crippen molar-refractivity contribution in [2.75, 3.05) is 38.1 Å². The van der Waals surface area contributed by atoms with E-state index in [4.69, 9.17) is 0 Å². The van der Waals surface area contributed by atoms with Crippen molar-refractivity contribution in [2.45, 2.75) is 13.0 Å². The fourth-order valence-electron chi connectivity index (χ4n) is 3.18. The largest absolute Gasteiger partial charge is 0.369 e. The lowest BCUT2D eigenvalue weighted by molar-refractivity contribution is -0.117. The van der Waals surface area contributed by atoms with E-state index < -0.39 is 0 Å². The van der Waals surface area contributed by atoms with E-state index in [2.05, 4.69) is 34.3 Å². The summed E-state index contributed by atoms with van der Waals surface area (Å²) < 4.78 is 13.6. The zero-order chi connectivity index (χ0) is 19.2. The van der Waals surface area contributed by atoms with Gasteiger partial charge in [0, 0.05) is 43.5 Å². The Morgan fingerprint density at radius 3 is 2.59 bits per heavy atom. The van der Waals surface area contributed by atoms with E-state index in [1.54, 1.807) is 18.2 Å². The molecule has 2 aromatic carbocycles. The Kier molecular flexibility index (Phi) is 6.24. The maximum absolute atomic E-state index is 13.6. The van der Waals surface area contributed by atoms with Gasteiger partial charge in [-0.1, -0.05) is 30.3 Å². The Morgan fingerprint density at radius 1 is 1.11 bits per heavy atom. The predicted molar refractivity (Wildman–Crippen MR) is 108 cm³/mol. The number of piperazine rings is 1. The van der Waals surface area contributed by atoms with Crippen molar-refractivity contribution in [3.05, 3.63) is 71.6 Å². The van der Waals surface area contributed by atoms with Crippen LogP contribution < -0.4 is 10.2 Å². The average Bonchev–Trinajstić information content (AvgIpc) is 2.68. The van der Waals surface area contributed by atoms with Crippen molar-refractivity contribution in [3.63, 3.8) is 0 Å². The molecule has 0 radical (unpaired) electrons. The second-order valence-corrected chi connectivity index (χ2v) is 6.97. The van der Waals surface area contributed by atoms with E-state index in [0.29, 0.717) is 5.56 Å². The van der Waals surface area contributed by atoms with Crippen LogP contribution in [0.15, 0.2) is 54.6 Å². The quantitative estimate of drug-likeness (QED) is 0.822. The smallest absolute Gasteiger partial charge is 0.244 e. The van der Waals surface area contributed by atoms with Crippen molar-refractivity contribution >= 4 is 17.7 Å². The summed E-state index contributed by atoms with van der Waals surface area (Å²) in [5.41, 5.74) is 2.64. The van der Waals surface area contributed by atoms with Gasteiger partial charge in [-0.25, -0.2) is 4.39 Å². The lowest BCUT2D eigenvalue weighted by Crippen LogP contribution is -2.44. The summed E-state index contributed by atoms with van der Waals surface area (Å²) in [6.45, 7) is 6.07. The van der Waals surface area contributed by atoms with Crippen LogP contribution in [-0.2, 0) is 4.79 Å². The molecule has 0 aliphatic carbocycles. The van der Waals surface area contributed by atoms with E-state index in [0.717, 1.165) is 31.7 Å². The molecule has 1 amide bonds. The van der Waals surface area contributed by atoms with Crippen molar-refractivity contribution in [1.29, 1.82) is 0 Å². The number of benzene rings is 2. The highest BCUT2D eigenvalue weighted by atomic mass is 19.1. The molecular formula is C22H26FN3O. The van der Waals surface area contributed by atoms with Gasteiger partial charge in [-0.15, -0.1) is 0 Å². The maximum atomic E-state index is 13.6. The minimum absolute atomic E-state index is 0.129. The molecule has 1 saturated heterocycles. The first-order valence-corrected chi connectivity index (χ1v) is 9.29. The van der Waals surface area contributed by atoms with Gasteiger partial charge in [0.1, 0.15) is 5.82 Å². The zero-order valence-corrected chi connectivity index (χ0v) is 15.9. The molecule has 0 spiro atoms. The van der Waals surface area contributed by atoms with Gasteiger partial charge in [0.05, 0.1) is 6.04 Å². The molecule has 142 valence electrons. The molecule has 27 heavy (non-hydrogen) atoms. The summed E-state index contributed by atoms with van der Waals surface area (Å²) in [7, 11) is 2.14. The van der Waals surface area contributed by atoms with Crippen LogP contribution in [0, 0.1) is 5.82 Å². The van der Waals surface area contributed by atoms with Crippen LogP contribution in [0.25, 0.3) is 6.08 Å². The van der Waals surface area contributed by atoms with Gasteiger partial charge >= 0.3 is 0 Å². The van der Waals surface area contributed by atoms with Gasteiger partial charge in [0.2, 0.25) is 5.91 Å². The minimum atomic E-state index is -0.338. The molecule has 1 aliphatic rings. The number of carbonyl (C=O) groups excluding carboxylic acids is 1. The van der Waals surface area contributed by atoms with Crippen molar-refractivity contribution in [2.24, 2.45) is 0 Å². The first-order valence-electron chi connectivity index (χ1n) is 9.29. The number of nitrogens with zero attached hydrogens (tertiary/aromatic N) is 2. The number of rotatable bonds is 5. The van der Waals surface area contributed by atoms with Crippen LogP contribution in [0.1, 0.15) is 24.1 Å². The average molecular weight is 367 g/mol. The number of carbonyl (C=O) groups is 1. The summed E-state index contributed by atoms with van der Waals surface area (Å²) in [4.78, 5) is 16.9. The van der Waals surface area contributed by atoms with Crippen LogP contribution in [0.2, 0.25) is 0 Å². The third-order valence-electron chi connectivity index (χ3n) is 4.92. The molecule has 1 unspecified atom stereocenters. The highest BCUT2D eigenvalue weighted by Gasteiger charge is 2.15. The molecule has 1 fully saturated rings. The Morgan fingerprint density at radius 2 is 1.85 bits per heavy atom. The van der Waals surface area contributed by atoms with E-state index in [1.807, 2.05) is 19.1 Å². The van der Waals surface area contributed by atoms with E-state index in [1.165, 1.54) is 23.9 Å². The fourth-order valence-corrected chi connectivity index (χ4v) is 3.18. The third kappa shape index (κ3) is 5.17. The number of anilines is 1. The van der Waals surface area contributed by atoms with Crippen LogP contribution in [0.4, 0.5) is 10.1 Å². The Hall–Kier alpha value is -2.66. The minimum Gasteiger partial charge on any atom is -0.369 e. The summed E-state index contributed by atoms with van der Waals surface area (Å²) >= 11 is 0. The van der Waals surface area contributed by atoms with E-state index in [-0.39, 0.29) is 17.8 Å². The summed E-state index contributed by atoms with van der Waals surface area (Å²) in [6, 6.07) is 14.6. The predicted octanol–water partition coefficient (Wildman–Crippen LogP) is 3.47. The van der Waals surface area contributed by atoms with Gasteiger partial charge in [0.25, 0.3) is 0 Å². The number of nitrogens with one attached hydrogen (secondary N) is 1. The summed E-state index contributed by atoms with van der Waals surface area (Å²) in [5, 5.41) is 2.95. The zero-order valence-electron chi connectivity index (χ0n) is 15.9. The van der Waals surface area contributed by atoms with Gasteiger partial charge in [0.15, 0.2) is 0 Å². The third-order valence-corrected chi connectivity index (χ3v) is 4.92. The molecule has 0 aromatic heterocycles. The van der Waals surface area contributed by atoms with Gasteiger partial charge in [-0.2, -0.15) is 0 Å². The standard InChI is InChI=1S/C22H26FN3O/c1-17(24-22(27)11-10-18-6-3-4-9-21(18)23)19-7-5-8-20(16-19)26-14-12-25(2)13-15-26/h3-11,16-17H,12-15H2,1-2H3,(H,24,27)/b11-10+. The molecule has 4 nitrogen and oxygen atoms in total. The van der Waals surface area contributed by atoms with Crippen LogP contribution in [-0.4, -0.2) is 44.0 Å². The number of halogens is 1. The van der Waals surface area contributed by atoms with Gasteiger partial charge in [-0.3, -0.25) is 4.79 Å².